The van der Waals surface area contributed by atoms with Crippen molar-refractivity contribution < 1.29 is 19.6 Å². The fraction of sp³-hybridized carbons (Fsp3) is 0.111. The lowest BCUT2D eigenvalue weighted by atomic mass is 9.95. The van der Waals surface area contributed by atoms with Crippen molar-refractivity contribution in [2.45, 2.75) is 19.5 Å². The van der Waals surface area contributed by atoms with Crippen LogP contribution in [0.4, 0.5) is 5.69 Å². The van der Waals surface area contributed by atoms with E-state index in [0.29, 0.717) is 16.8 Å². The van der Waals surface area contributed by atoms with Crippen LogP contribution in [0.15, 0.2) is 90.9 Å². The van der Waals surface area contributed by atoms with Crippen LogP contribution in [0.1, 0.15) is 28.4 Å². The molecule has 1 aliphatic rings. The molecule has 10 nitrogen and oxygen atoms in total. The zero-order chi connectivity index (χ0) is 26.1. The minimum absolute atomic E-state index is 0.0187. The molecule has 1 unspecified atom stereocenters. The number of aromatic nitrogens is 3. The number of aliphatic hydroxyl groups is 1. The first-order valence-electron chi connectivity index (χ1n) is 11.4. The van der Waals surface area contributed by atoms with E-state index in [-0.39, 0.29) is 23.4 Å². The van der Waals surface area contributed by atoms with Crippen molar-refractivity contribution in [2.75, 3.05) is 0 Å². The standard InChI is InChI=1S/C27H21N5O5/c1-17-22(15-29-31(17)20-9-3-2-4-10-20)25(33)23-24(19-8-5-11-21(13-19)32(36)37)30(27(35)26(23)34)16-18-7-6-12-28-14-18/h2-15,24,33H,16H2,1H3. The van der Waals surface area contributed by atoms with Gasteiger partial charge in [-0.2, -0.15) is 5.10 Å². The molecule has 0 aliphatic carbocycles. The molecule has 37 heavy (non-hydrogen) atoms. The summed E-state index contributed by atoms with van der Waals surface area (Å²) in [5, 5.41) is 27.2. The summed E-state index contributed by atoms with van der Waals surface area (Å²) < 4.78 is 1.61. The van der Waals surface area contributed by atoms with Crippen LogP contribution in [-0.4, -0.2) is 41.4 Å². The van der Waals surface area contributed by atoms with Crippen molar-refractivity contribution in [1.82, 2.24) is 19.7 Å². The summed E-state index contributed by atoms with van der Waals surface area (Å²) in [7, 11) is 0. The van der Waals surface area contributed by atoms with E-state index in [2.05, 4.69) is 10.1 Å². The Labute approximate surface area is 211 Å². The number of nitro benzene ring substituents is 1. The van der Waals surface area contributed by atoms with Gasteiger partial charge in [0.15, 0.2) is 0 Å². The normalized spacial score (nSPS) is 16.8. The summed E-state index contributed by atoms with van der Waals surface area (Å²) in [6.07, 6.45) is 4.58. The van der Waals surface area contributed by atoms with Gasteiger partial charge in [0, 0.05) is 31.1 Å². The van der Waals surface area contributed by atoms with Gasteiger partial charge >= 0.3 is 0 Å². The third kappa shape index (κ3) is 4.25. The Morgan fingerprint density at radius 3 is 2.54 bits per heavy atom. The topological polar surface area (TPSA) is 131 Å². The number of ketones is 1. The maximum absolute atomic E-state index is 13.3. The highest BCUT2D eigenvalue weighted by atomic mass is 16.6. The van der Waals surface area contributed by atoms with E-state index in [0.717, 1.165) is 5.69 Å². The number of carbonyl (C=O) groups is 2. The number of carbonyl (C=O) groups excluding carboxylic acids is 2. The van der Waals surface area contributed by atoms with E-state index in [4.69, 9.17) is 0 Å². The molecule has 5 rings (SSSR count). The molecule has 1 aliphatic heterocycles. The number of nitro groups is 1. The molecule has 1 saturated heterocycles. The SMILES string of the molecule is Cc1c(C(O)=C2C(=O)C(=O)N(Cc3cccnc3)C2c2cccc([N+](=O)[O-])c2)cnn1-c1ccccc1. The second-order valence-corrected chi connectivity index (χ2v) is 8.53. The van der Waals surface area contributed by atoms with Gasteiger partial charge in [-0.25, -0.2) is 4.68 Å². The van der Waals surface area contributed by atoms with E-state index >= 15 is 0 Å². The van der Waals surface area contributed by atoms with Gasteiger partial charge in [-0.1, -0.05) is 36.4 Å². The number of hydrogen-bond acceptors (Lipinski definition) is 7. The predicted molar refractivity (Wildman–Crippen MR) is 133 cm³/mol. The van der Waals surface area contributed by atoms with Crippen LogP contribution in [0.2, 0.25) is 0 Å². The number of hydrogen-bond donors (Lipinski definition) is 1. The highest BCUT2D eigenvalue weighted by molar-refractivity contribution is 6.46. The van der Waals surface area contributed by atoms with Crippen molar-refractivity contribution in [2.24, 2.45) is 0 Å². The van der Waals surface area contributed by atoms with Crippen molar-refractivity contribution >= 4 is 23.1 Å². The maximum Gasteiger partial charge on any atom is 0.295 e. The third-order valence-corrected chi connectivity index (χ3v) is 6.28. The van der Waals surface area contributed by atoms with Crippen molar-refractivity contribution in [3.63, 3.8) is 0 Å². The Morgan fingerprint density at radius 2 is 1.84 bits per heavy atom. The molecule has 1 amide bonds. The molecule has 184 valence electrons. The average molecular weight is 495 g/mol. The van der Waals surface area contributed by atoms with E-state index in [1.807, 2.05) is 30.3 Å². The minimum atomic E-state index is -1.06. The van der Waals surface area contributed by atoms with Crippen molar-refractivity contribution in [3.05, 3.63) is 123 Å². The highest BCUT2D eigenvalue weighted by Crippen LogP contribution is 2.41. The number of non-ortho nitro benzene ring substituents is 1. The molecule has 1 N–H and O–H groups in total. The van der Waals surface area contributed by atoms with Crippen LogP contribution < -0.4 is 0 Å². The third-order valence-electron chi connectivity index (χ3n) is 6.28. The van der Waals surface area contributed by atoms with Crippen LogP contribution in [0, 0.1) is 17.0 Å². The number of Topliss-reactive ketones (excluding diaryl/α,β-unsaturated/α-hetero) is 1. The summed E-state index contributed by atoms with van der Waals surface area (Å²) >= 11 is 0. The summed E-state index contributed by atoms with van der Waals surface area (Å²) in [5.41, 5.74) is 2.22. The lowest BCUT2D eigenvalue weighted by molar-refractivity contribution is -0.384. The zero-order valence-corrected chi connectivity index (χ0v) is 19.7. The molecule has 0 saturated carbocycles. The molecule has 2 aromatic heterocycles. The Kier molecular flexibility index (Phi) is 6.06. The average Bonchev–Trinajstić information content (AvgIpc) is 3.42. The molecular formula is C27H21N5O5. The fourth-order valence-electron chi connectivity index (χ4n) is 4.50. The second-order valence-electron chi connectivity index (χ2n) is 8.53. The smallest absolute Gasteiger partial charge is 0.295 e. The molecule has 1 fully saturated rings. The summed E-state index contributed by atoms with van der Waals surface area (Å²) in [6, 6.07) is 17.4. The quantitative estimate of drug-likeness (QED) is 0.140. The minimum Gasteiger partial charge on any atom is -0.507 e. The predicted octanol–water partition coefficient (Wildman–Crippen LogP) is 4.11. The van der Waals surface area contributed by atoms with Gasteiger partial charge in [-0.15, -0.1) is 0 Å². The number of para-hydroxylation sites is 1. The van der Waals surface area contributed by atoms with Crippen LogP contribution in [-0.2, 0) is 16.1 Å². The summed E-state index contributed by atoms with van der Waals surface area (Å²) in [5.74, 6) is -2.11. The largest absolute Gasteiger partial charge is 0.507 e. The molecule has 0 spiro atoms. The van der Waals surface area contributed by atoms with Gasteiger partial charge in [0.25, 0.3) is 17.4 Å². The lowest BCUT2D eigenvalue weighted by Crippen LogP contribution is -2.29. The number of aliphatic hydroxyl groups excluding tert-OH is 1. The Morgan fingerprint density at radius 1 is 1.05 bits per heavy atom. The number of likely N-dealkylation sites (tertiary alicyclic amines) is 1. The molecule has 0 radical (unpaired) electrons. The van der Waals surface area contributed by atoms with Gasteiger partial charge in [0.2, 0.25) is 0 Å². The van der Waals surface area contributed by atoms with Crippen LogP contribution >= 0.6 is 0 Å². The summed E-state index contributed by atoms with van der Waals surface area (Å²) in [6.45, 7) is 1.76. The molecule has 1 atom stereocenters. The van der Waals surface area contributed by atoms with Gasteiger partial charge in [-0.3, -0.25) is 24.7 Å². The highest BCUT2D eigenvalue weighted by Gasteiger charge is 2.46. The molecule has 10 heteroatoms. The van der Waals surface area contributed by atoms with Crippen LogP contribution in [0.5, 0.6) is 0 Å². The monoisotopic (exact) mass is 495 g/mol. The number of nitrogens with zero attached hydrogens (tertiary/aromatic N) is 5. The number of rotatable bonds is 6. The van der Waals surface area contributed by atoms with Gasteiger partial charge in [0.1, 0.15) is 5.76 Å². The summed E-state index contributed by atoms with van der Waals surface area (Å²) in [4.78, 5) is 42.8. The Balaban J connectivity index is 1.67. The maximum atomic E-state index is 13.3. The molecule has 2 aromatic carbocycles. The molecule has 0 bridgehead atoms. The molecule has 3 heterocycles. The first-order chi connectivity index (χ1) is 17.9. The van der Waals surface area contributed by atoms with Gasteiger partial charge in [0.05, 0.1) is 39.7 Å². The van der Waals surface area contributed by atoms with E-state index in [1.165, 1.54) is 29.3 Å². The van der Waals surface area contributed by atoms with E-state index in [1.54, 1.807) is 42.2 Å². The number of pyridine rings is 1. The van der Waals surface area contributed by atoms with Crippen molar-refractivity contribution in [1.29, 1.82) is 0 Å². The molecular weight excluding hydrogens is 474 g/mol. The zero-order valence-electron chi connectivity index (χ0n) is 19.7. The second kappa shape index (κ2) is 9.50. The number of benzene rings is 2. The van der Waals surface area contributed by atoms with Gasteiger partial charge < -0.3 is 10.0 Å². The van der Waals surface area contributed by atoms with Gasteiger partial charge in [-0.05, 0) is 36.2 Å². The Hall–Kier alpha value is -5.12. The Bertz CT molecular complexity index is 1550. The first kappa shape index (κ1) is 23.6. The van der Waals surface area contributed by atoms with Crippen LogP contribution in [0.3, 0.4) is 0 Å². The fourth-order valence-corrected chi connectivity index (χ4v) is 4.50. The first-order valence-corrected chi connectivity index (χ1v) is 11.4. The van der Waals surface area contributed by atoms with Crippen LogP contribution in [0.25, 0.3) is 11.4 Å². The lowest BCUT2D eigenvalue weighted by Gasteiger charge is -2.25. The molecule has 4 aromatic rings. The number of amides is 1. The van der Waals surface area contributed by atoms with Crippen molar-refractivity contribution in [3.8, 4) is 5.69 Å². The van der Waals surface area contributed by atoms with E-state index in [9.17, 15) is 24.8 Å². The van der Waals surface area contributed by atoms with E-state index < -0.39 is 28.4 Å².